The van der Waals surface area contributed by atoms with Crippen molar-refractivity contribution in [1.82, 2.24) is 4.90 Å². The molecule has 0 fully saturated rings. The van der Waals surface area contributed by atoms with Gasteiger partial charge in [-0.1, -0.05) is 36.4 Å². The number of hydrogen-bond acceptors (Lipinski definition) is 3. The molecule has 1 aromatic rings. The molecule has 0 heterocycles. The van der Waals surface area contributed by atoms with Crippen LogP contribution in [0.5, 0.6) is 0 Å². The molecule has 0 aliphatic heterocycles. The normalized spacial score (nSPS) is 9.41. The van der Waals surface area contributed by atoms with E-state index in [0.29, 0.717) is 0 Å². The van der Waals surface area contributed by atoms with Gasteiger partial charge in [0.25, 0.3) is 0 Å². The Kier molecular flexibility index (Phi) is 5.51. The van der Waals surface area contributed by atoms with Crippen LogP contribution in [0.25, 0.3) is 0 Å². The molecule has 1 amide bonds. The largest absolute Gasteiger partial charge is 0.445 e. The average molecular weight is 232 g/mol. The highest BCUT2D eigenvalue weighted by Gasteiger charge is 2.12. The summed E-state index contributed by atoms with van der Waals surface area (Å²) in [5, 5.41) is 0. The van der Waals surface area contributed by atoms with E-state index in [2.05, 4.69) is 6.58 Å². The van der Waals surface area contributed by atoms with Gasteiger partial charge < -0.3 is 4.74 Å². The van der Waals surface area contributed by atoms with Crippen molar-refractivity contribution < 1.29 is 14.3 Å². The van der Waals surface area contributed by atoms with Gasteiger partial charge in [0.15, 0.2) is 0 Å². The summed E-state index contributed by atoms with van der Waals surface area (Å²) >= 11 is 0. The van der Waals surface area contributed by atoms with E-state index in [1.54, 1.807) is 6.29 Å². The zero-order valence-electron chi connectivity index (χ0n) is 9.46. The molecule has 0 saturated heterocycles. The zero-order chi connectivity index (χ0) is 12.5. The highest BCUT2D eigenvalue weighted by Crippen LogP contribution is 2.03. The second-order valence-corrected chi connectivity index (χ2v) is 3.35. The van der Waals surface area contributed by atoms with Gasteiger partial charge in [-0.05, 0) is 5.56 Å². The number of amides is 1. The van der Waals surface area contributed by atoms with Gasteiger partial charge in [-0.3, -0.25) is 9.69 Å². The zero-order valence-corrected chi connectivity index (χ0v) is 9.46. The Labute approximate surface area is 100 Å². The van der Waals surface area contributed by atoms with Crippen LogP contribution in [-0.2, 0) is 16.1 Å². The maximum absolute atomic E-state index is 11.6. The third-order valence-electron chi connectivity index (χ3n) is 2.07. The maximum Gasteiger partial charge on any atom is 0.410 e. The lowest BCUT2D eigenvalue weighted by Gasteiger charge is -2.17. The second-order valence-electron chi connectivity index (χ2n) is 3.35. The highest BCUT2D eigenvalue weighted by atomic mass is 16.6. The first kappa shape index (κ1) is 13.0. The third kappa shape index (κ3) is 4.51. The molecule has 1 aromatic carbocycles. The fourth-order valence-electron chi connectivity index (χ4n) is 1.25. The predicted octanol–water partition coefficient (Wildman–Crippen LogP) is 1.92. The average Bonchev–Trinajstić information content (AvgIpc) is 2.37. The van der Waals surface area contributed by atoms with Crippen LogP contribution in [-0.4, -0.2) is 30.4 Å². The first-order valence-corrected chi connectivity index (χ1v) is 5.19. The second kappa shape index (κ2) is 7.22. The van der Waals surface area contributed by atoms with E-state index in [4.69, 9.17) is 4.74 Å². The van der Waals surface area contributed by atoms with Crippen LogP contribution in [0.1, 0.15) is 5.56 Å². The van der Waals surface area contributed by atoms with Crippen molar-refractivity contribution in [2.75, 3.05) is 13.1 Å². The van der Waals surface area contributed by atoms with Gasteiger partial charge in [0.2, 0.25) is 6.29 Å². The number of nitrogens with zero attached hydrogens (tertiary/aromatic N) is 1. The quantitative estimate of drug-likeness (QED) is 0.704. The molecule has 0 spiro atoms. The number of benzene rings is 1. The summed E-state index contributed by atoms with van der Waals surface area (Å²) in [6, 6.07) is 9.33. The van der Waals surface area contributed by atoms with Crippen LogP contribution in [0.3, 0.4) is 0 Å². The predicted molar refractivity (Wildman–Crippen MR) is 64.1 cm³/mol. The summed E-state index contributed by atoms with van der Waals surface area (Å²) in [5.74, 6) is 0. The Balaban J connectivity index is 2.46. The van der Waals surface area contributed by atoms with Gasteiger partial charge in [-0.25, -0.2) is 4.79 Å². The Morgan fingerprint density at radius 2 is 2.12 bits per heavy atom. The van der Waals surface area contributed by atoms with Crippen LogP contribution in [0.4, 0.5) is 4.79 Å². The lowest BCUT2D eigenvalue weighted by atomic mass is 10.2. The fraction of sp³-hybridized carbons (Fsp3) is 0.231. The van der Waals surface area contributed by atoms with E-state index in [-0.39, 0.29) is 19.7 Å². The molecule has 0 aliphatic rings. The molecule has 0 bridgehead atoms. The minimum atomic E-state index is -0.544. The summed E-state index contributed by atoms with van der Waals surface area (Å²) in [5.41, 5.74) is 0.898. The Bertz CT molecular complexity index is 366. The van der Waals surface area contributed by atoms with Crippen molar-refractivity contribution in [3.05, 3.63) is 48.6 Å². The molecular formula is C13H14NO3. The molecule has 0 unspecified atom stereocenters. The number of carbonyl (C=O) groups excluding carboxylic acids is 2. The van der Waals surface area contributed by atoms with Gasteiger partial charge in [0.05, 0.1) is 6.54 Å². The van der Waals surface area contributed by atoms with Crippen molar-refractivity contribution in [3.63, 3.8) is 0 Å². The van der Waals surface area contributed by atoms with E-state index >= 15 is 0 Å². The van der Waals surface area contributed by atoms with Gasteiger partial charge >= 0.3 is 6.09 Å². The van der Waals surface area contributed by atoms with Crippen molar-refractivity contribution in [1.29, 1.82) is 0 Å². The van der Waals surface area contributed by atoms with Crippen LogP contribution < -0.4 is 0 Å². The third-order valence-corrected chi connectivity index (χ3v) is 2.07. The first-order valence-electron chi connectivity index (χ1n) is 5.19. The number of ether oxygens (including phenoxy) is 1. The first-order chi connectivity index (χ1) is 8.27. The highest BCUT2D eigenvalue weighted by molar-refractivity contribution is 5.71. The Hall–Kier alpha value is -2.10. The van der Waals surface area contributed by atoms with Crippen molar-refractivity contribution >= 4 is 12.4 Å². The van der Waals surface area contributed by atoms with Gasteiger partial charge in [0, 0.05) is 6.54 Å². The van der Waals surface area contributed by atoms with Crippen LogP contribution in [0.15, 0.2) is 43.0 Å². The van der Waals surface area contributed by atoms with Gasteiger partial charge in [0.1, 0.15) is 6.61 Å². The SMILES string of the molecule is C=CCN(C[C]=O)C(=O)OCc1ccccc1. The van der Waals surface area contributed by atoms with E-state index < -0.39 is 6.09 Å². The molecular weight excluding hydrogens is 218 g/mol. The van der Waals surface area contributed by atoms with Crippen molar-refractivity contribution in [3.8, 4) is 0 Å². The molecule has 0 saturated carbocycles. The minimum Gasteiger partial charge on any atom is -0.445 e. The van der Waals surface area contributed by atoms with E-state index in [9.17, 15) is 9.59 Å². The summed E-state index contributed by atoms with van der Waals surface area (Å²) in [6.07, 6.45) is 2.64. The standard InChI is InChI=1S/C13H14NO3/c1-2-8-14(9-10-15)13(16)17-11-12-6-4-3-5-7-12/h2-7H,1,8-9,11H2. The Morgan fingerprint density at radius 3 is 2.71 bits per heavy atom. The lowest BCUT2D eigenvalue weighted by Crippen LogP contribution is -2.33. The topological polar surface area (TPSA) is 46.6 Å². The van der Waals surface area contributed by atoms with Gasteiger partial charge in [-0.15, -0.1) is 6.58 Å². The molecule has 89 valence electrons. The van der Waals surface area contributed by atoms with Crippen LogP contribution in [0, 0.1) is 0 Å². The number of hydrogen-bond donors (Lipinski definition) is 0. The molecule has 4 heteroatoms. The molecule has 17 heavy (non-hydrogen) atoms. The maximum atomic E-state index is 11.6. The van der Waals surface area contributed by atoms with E-state index in [0.717, 1.165) is 5.56 Å². The minimum absolute atomic E-state index is 0.111. The molecule has 0 aromatic heterocycles. The summed E-state index contributed by atoms with van der Waals surface area (Å²) in [4.78, 5) is 23.1. The fourth-order valence-corrected chi connectivity index (χ4v) is 1.25. The van der Waals surface area contributed by atoms with E-state index in [1.165, 1.54) is 11.0 Å². The summed E-state index contributed by atoms with van der Waals surface area (Å²) in [6.45, 7) is 3.85. The van der Waals surface area contributed by atoms with E-state index in [1.807, 2.05) is 30.3 Å². The lowest BCUT2D eigenvalue weighted by molar-refractivity contribution is 0.105. The molecule has 0 N–H and O–H groups in total. The molecule has 4 nitrogen and oxygen atoms in total. The molecule has 0 aliphatic carbocycles. The molecule has 1 radical (unpaired) electrons. The van der Waals surface area contributed by atoms with Crippen molar-refractivity contribution in [2.24, 2.45) is 0 Å². The van der Waals surface area contributed by atoms with Crippen LogP contribution in [0.2, 0.25) is 0 Å². The number of carbonyl (C=O) groups is 1. The van der Waals surface area contributed by atoms with Gasteiger partial charge in [-0.2, -0.15) is 0 Å². The smallest absolute Gasteiger partial charge is 0.410 e. The Morgan fingerprint density at radius 1 is 1.41 bits per heavy atom. The molecule has 1 rings (SSSR count). The molecule has 0 atom stereocenters. The monoisotopic (exact) mass is 232 g/mol. The number of rotatable bonds is 6. The summed E-state index contributed by atoms with van der Waals surface area (Å²) < 4.78 is 5.06. The van der Waals surface area contributed by atoms with Crippen LogP contribution >= 0.6 is 0 Å². The van der Waals surface area contributed by atoms with Crippen molar-refractivity contribution in [2.45, 2.75) is 6.61 Å². The summed E-state index contributed by atoms with van der Waals surface area (Å²) in [7, 11) is 0.